The molecule has 150 valence electrons. The molecule has 2 amide bonds. The normalized spacial score (nSPS) is 34.5. The fourth-order valence-corrected chi connectivity index (χ4v) is 3.98. The van der Waals surface area contributed by atoms with E-state index in [2.05, 4.69) is 13.8 Å². The molecule has 0 bridgehead atoms. The fraction of sp³-hybridized carbons (Fsp3) is 0.778. The number of hydrogen-bond acceptors (Lipinski definition) is 11. The maximum Gasteiger partial charge on any atom is 1.00 e. The molecule has 0 spiro atoms. The number of carbonyl (C=O) groups is 1. The molecule has 0 aromatic carbocycles. The van der Waals surface area contributed by atoms with Crippen LogP contribution < -0.4 is 69.1 Å². The Morgan fingerprint density at radius 1 is 1.25 bits per heavy atom. The summed E-state index contributed by atoms with van der Waals surface area (Å²) in [6.07, 6.45) is -8.14. The number of ether oxygens (including phenoxy) is 1. The van der Waals surface area contributed by atoms with Crippen LogP contribution in [-0.2, 0) is 22.7 Å². The fourth-order valence-electron chi connectivity index (χ4n) is 2.30. The number of carbonyl (C=O) groups excluding carboxylic acids is 1. The van der Waals surface area contributed by atoms with Crippen molar-refractivity contribution >= 4 is 27.6 Å². The van der Waals surface area contributed by atoms with Crippen LogP contribution in [0.5, 0.6) is 0 Å². The van der Waals surface area contributed by atoms with Gasteiger partial charge in [-0.15, -0.1) is 0 Å². The second kappa shape index (κ2) is 11.1. The second-order valence-corrected chi connectivity index (χ2v) is 7.96. The molecule has 0 aliphatic carbocycles. The number of rotatable bonds is 6. The van der Waals surface area contributed by atoms with Gasteiger partial charge in [-0.3, -0.25) is 14.0 Å². The molecule has 2 heterocycles. The van der Waals surface area contributed by atoms with Gasteiger partial charge in [-0.2, -0.15) is 0 Å². The van der Waals surface area contributed by atoms with Gasteiger partial charge in [0.05, 0.1) is 13.2 Å². The van der Waals surface area contributed by atoms with E-state index in [1.807, 2.05) is 0 Å². The smallest absolute Gasteiger partial charge is 0.860 e. The molecule has 2 aliphatic heterocycles. The van der Waals surface area contributed by atoms with Crippen molar-refractivity contribution in [2.45, 2.75) is 30.6 Å². The standard InChI is InChI=1S/C9H16N2O13P2.2Na/c12-2-4-5(13)6(14)8(22-4)11-1-3(7(15)10-9(11)16)23-26(20,21)24-25(17,18)19;;/h3-6,8,12-14H,1-2H2,(H,20,21)(H,10,15,16)(H2,17,18,19);;/q;2*+1/p-2/t3?,4-,5-,6-,8-;;/m1../s1. The molecular weight excluding hydrogens is 452 g/mol. The molecule has 1 fully saturated rings. The van der Waals surface area contributed by atoms with Crippen molar-refractivity contribution in [3.63, 3.8) is 0 Å². The molecule has 0 aromatic rings. The van der Waals surface area contributed by atoms with Gasteiger partial charge >= 0.3 is 73.0 Å². The average Bonchev–Trinajstić information content (AvgIpc) is 2.75. The van der Waals surface area contributed by atoms with Gasteiger partial charge in [-0.1, -0.05) is 0 Å². The van der Waals surface area contributed by atoms with Gasteiger partial charge in [-0.05, 0) is 0 Å². The second-order valence-electron chi connectivity index (χ2n) is 5.23. The summed E-state index contributed by atoms with van der Waals surface area (Å²) in [5.41, 5.74) is 0. The van der Waals surface area contributed by atoms with E-state index in [-0.39, 0.29) is 59.1 Å². The molecule has 2 aliphatic rings. The number of aliphatic imine (C=N–C) groups is 1. The molecule has 3 unspecified atom stereocenters. The Bertz CT molecular complexity index is 689. The number of phosphoric ester groups is 1. The van der Waals surface area contributed by atoms with Crippen molar-refractivity contribution in [2.24, 2.45) is 4.99 Å². The summed E-state index contributed by atoms with van der Waals surface area (Å²) < 4.78 is 34.8. The van der Waals surface area contributed by atoms with E-state index >= 15 is 0 Å². The molecule has 28 heavy (non-hydrogen) atoms. The van der Waals surface area contributed by atoms with Gasteiger partial charge < -0.3 is 39.8 Å². The molecule has 7 atom stereocenters. The van der Waals surface area contributed by atoms with Crippen LogP contribution in [0.2, 0.25) is 0 Å². The molecule has 15 nitrogen and oxygen atoms in total. The zero-order valence-corrected chi connectivity index (χ0v) is 20.4. The maximum atomic E-state index is 11.8. The first-order valence-electron chi connectivity index (χ1n) is 6.79. The molecule has 1 saturated heterocycles. The van der Waals surface area contributed by atoms with Gasteiger partial charge in [0, 0.05) is 5.90 Å². The number of aliphatic hydroxyl groups excluding tert-OH is 3. The van der Waals surface area contributed by atoms with Crippen LogP contribution in [0.1, 0.15) is 0 Å². The van der Waals surface area contributed by atoms with Crippen molar-refractivity contribution in [1.29, 1.82) is 0 Å². The summed E-state index contributed by atoms with van der Waals surface area (Å²) in [5, 5.41) is 40.2. The van der Waals surface area contributed by atoms with Crippen molar-refractivity contribution in [1.82, 2.24) is 4.90 Å². The SMILES string of the molecule is O=C1N=C([O-])C(OP(=O)(O)OP(=O)([O-])O)CN1[C@@H]1O[C@H](CO)[C@@H](O)[C@H]1O.[Na+].[Na+]. The van der Waals surface area contributed by atoms with E-state index in [1.165, 1.54) is 0 Å². The summed E-state index contributed by atoms with van der Waals surface area (Å²) in [4.78, 5) is 43.5. The Morgan fingerprint density at radius 2 is 1.82 bits per heavy atom. The number of nitrogens with zero attached hydrogens (tertiary/aromatic N) is 2. The number of phosphoric acid groups is 2. The Balaban J connectivity index is 0.00000364. The summed E-state index contributed by atoms with van der Waals surface area (Å²) in [6.45, 7) is -1.54. The predicted octanol–water partition coefficient (Wildman–Crippen LogP) is -10.4. The van der Waals surface area contributed by atoms with Crippen molar-refractivity contribution in [2.75, 3.05) is 13.2 Å². The van der Waals surface area contributed by atoms with Crippen molar-refractivity contribution in [3.05, 3.63) is 0 Å². The first kappa shape index (κ1) is 29.0. The Morgan fingerprint density at radius 3 is 2.29 bits per heavy atom. The number of amides is 2. The first-order chi connectivity index (χ1) is 11.8. The van der Waals surface area contributed by atoms with Crippen LogP contribution >= 0.6 is 15.6 Å². The maximum absolute atomic E-state index is 11.8. The minimum Gasteiger partial charge on any atom is -0.860 e. The molecule has 2 rings (SSSR count). The zero-order valence-electron chi connectivity index (χ0n) is 14.6. The van der Waals surface area contributed by atoms with Crippen molar-refractivity contribution < 1.29 is 122 Å². The molecule has 0 radical (unpaired) electrons. The van der Waals surface area contributed by atoms with Gasteiger partial charge in [0.25, 0.3) is 7.82 Å². The molecule has 19 heteroatoms. The topological polar surface area (TPSA) is 242 Å². The molecule has 0 aromatic heterocycles. The van der Waals surface area contributed by atoms with Gasteiger partial charge in [-0.25, -0.2) is 18.7 Å². The van der Waals surface area contributed by atoms with Crippen LogP contribution in [0.25, 0.3) is 0 Å². The number of urea groups is 1. The molecular formula is C9H14N2Na2O13P2. The van der Waals surface area contributed by atoms with Gasteiger partial charge in [0.2, 0.25) is 0 Å². The van der Waals surface area contributed by atoms with Crippen LogP contribution in [-0.4, -0.2) is 85.7 Å². The minimum absolute atomic E-state index is 0. The van der Waals surface area contributed by atoms with E-state index in [9.17, 15) is 39.0 Å². The van der Waals surface area contributed by atoms with E-state index in [0.717, 1.165) is 0 Å². The van der Waals surface area contributed by atoms with Crippen LogP contribution in [0.4, 0.5) is 4.79 Å². The predicted molar refractivity (Wildman–Crippen MR) is 72.9 cm³/mol. The summed E-state index contributed by atoms with van der Waals surface area (Å²) in [6, 6.07) is -1.24. The zero-order chi connectivity index (χ0) is 19.9. The monoisotopic (exact) mass is 466 g/mol. The molecule has 0 saturated carbocycles. The van der Waals surface area contributed by atoms with Gasteiger partial charge in [0.15, 0.2) is 6.23 Å². The third-order valence-electron chi connectivity index (χ3n) is 3.38. The third-order valence-corrected chi connectivity index (χ3v) is 5.55. The van der Waals surface area contributed by atoms with Crippen LogP contribution in [0, 0.1) is 0 Å². The summed E-state index contributed by atoms with van der Waals surface area (Å²) >= 11 is 0. The minimum atomic E-state index is -5.69. The number of hydrogen-bond donors (Lipinski definition) is 5. The van der Waals surface area contributed by atoms with Crippen molar-refractivity contribution in [3.8, 4) is 0 Å². The first-order valence-corrected chi connectivity index (χ1v) is 9.78. The Kier molecular flexibility index (Phi) is 11.5. The van der Waals surface area contributed by atoms with Crippen LogP contribution in [0.3, 0.4) is 0 Å². The Hall–Kier alpha value is 1.04. The summed E-state index contributed by atoms with van der Waals surface area (Å²) in [7, 11) is -11.2. The van der Waals surface area contributed by atoms with E-state index in [0.29, 0.717) is 4.90 Å². The Labute approximate surface area is 201 Å². The van der Waals surface area contributed by atoms with E-state index < -0.39 is 71.4 Å². The largest absolute Gasteiger partial charge is 1.00 e. The van der Waals surface area contributed by atoms with Crippen LogP contribution in [0.15, 0.2) is 4.99 Å². The van der Waals surface area contributed by atoms with E-state index in [4.69, 9.17) is 14.7 Å². The summed E-state index contributed by atoms with van der Waals surface area (Å²) in [5.74, 6) is -1.37. The quantitative estimate of drug-likeness (QED) is 0.181. The molecule has 5 N–H and O–H groups in total. The average molecular weight is 466 g/mol. The van der Waals surface area contributed by atoms with Gasteiger partial charge in [0.1, 0.15) is 24.4 Å². The number of aliphatic hydroxyl groups is 3. The van der Waals surface area contributed by atoms with E-state index in [1.54, 1.807) is 0 Å². The third kappa shape index (κ3) is 7.32.